The van der Waals surface area contributed by atoms with Crippen LogP contribution in [0, 0.1) is 5.92 Å². The fourth-order valence-electron chi connectivity index (χ4n) is 3.50. The highest BCUT2D eigenvalue weighted by Gasteiger charge is 2.33. The summed E-state index contributed by atoms with van der Waals surface area (Å²) in [5.41, 5.74) is 1.84. The monoisotopic (exact) mass is 398 g/mol. The van der Waals surface area contributed by atoms with Crippen molar-refractivity contribution in [2.45, 2.75) is 38.3 Å². The summed E-state index contributed by atoms with van der Waals surface area (Å²) in [5.74, 6) is 2.67. The zero-order valence-electron chi connectivity index (χ0n) is 17.5. The number of carbonyl (C=O) groups is 1. The van der Waals surface area contributed by atoms with Gasteiger partial charge in [-0.15, -0.1) is 0 Å². The molecule has 1 amide bonds. The topological polar surface area (TPSA) is 68.8 Å². The van der Waals surface area contributed by atoms with E-state index in [0.29, 0.717) is 29.5 Å². The van der Waals surface area contributed by atoms with Crippen LogP contribution in [0.2, 0.25) is 0 Å². The maximum atomic E-state index is 12.6. The second-order valence-corrected chi connectivity index (χ2v) is 7.47. The third-order valence-corrected chi connectivity index (χ3v) is 5.20. The molecule has 2 aromatic rings. The molecule has 6 heteroatoms. The SMILES string of the molecule is COc1ccc(C(NC(C)CC(=O)Nc2cc(OC)ccc2OC)C2CC2)cc1. The first kappa shape index (κ1) is 21.0. The van der Waals surface area contributed by atoms with Crippen molar-refractivity contribution in [2.24, 2.45) is 5.92 Å². The maximum Gasteiger partial charge on any atom is 0.226 e. The highest BCUT2D eigenvalue weighted by Crippen LogP contribution is 2.41. The van der Waals surface area contributed by atoms with Gasteiger partial charge in [-0.05, 0) is 55.5 Å². The molecule has 0 saturated heterocycles. The Balaban J connectivity index is 1.61. The molecule has 0 bridgehead atoms. The largest absolute Gasteiger partial charge is 0.497 e. The average Bonchev–Trinajstić information content (AvgIpc) is 3.57. The van der Waals surface area contributed by atoms with Gasteiger partial charge in [0.15, 0.2) is 0 Å². The summed E-state index contributed by atoms with van der Waals surface area (Å²) < 4.78 is 15.8. The van der Waals surface area contributed by atoms with Crippen LogP contribution in [0.25, 0.3) is 0 Å². The predicted octanol–water partition coefficient (Wildman–Crippen LogP) is 4.17. The third-order valence-electron chi connectivity index (χ3n) is 5.20. The van der Waals surface area contributed by atoms with Crippen molar-refractivity contribution in [3.8, 4) is 17.2 Å². The third kappa shape index (κ3) is 5.64. The van der Waals surface area contributed by atoms with Crippen LogP contribution < -0.4 is 24.8 Å². The first-order chi connectivity index (χ1) is 14.0. The normalized spacial score (nSPS) is 15.3. The van der Waals surface area contributed by atoms with E-state index in [2.05, 4.69) is 22.8 Å². The minimum atomic E-state index is -0.0687. The molecule has 0 aliphatic heterocycles. The van der Waals surface area contributed by atoms with Crippen LogP contribution in [0.1, 0.15) is 37.8 Å². The summed E-state index contributed by atoms with van der Waals surface area (Å²) >= 11 is 0. The van der Waals surface area contributed by atoms with E-state index in [1.165, 1.54) is 18.4 Å². The van der Waals surface area contributed by atoms with Crippen LogP contribution in [0.4, 0.5) is 5.69 Å². The van der Waals surface area contributed by atoms with Gasteiger partial charge in [-0.3, -0.25) is 4.79 Å². The Kier molecular flexibility index (Phi) is 6.99. The van der Waals surface area contributed by atoms with E-state index in [0.717, 1.165) is 5.75 Å². The highest BCUT2D eigenvalue weighted by molar-refractivity contribution is 5.92. The highest BCUT2D eigenvalue weighted by atomic mass is 16.5. The second-order valence-electron chi connectivity index (χ2n) is 7.47. The van der Waals surface area contributed by atoms with Crippen LogP contribution in [-0.2, 0) is 4.79 Å². The molecule has 2 unspecified atom stereocenters. The van der Waals surface area contributed by atoms with Crippen molar-refractivity contribution in [2.75, 3.05) is 26.6 Å². The van der Waals surface area contributed by atoms with Crippen molar-refractivity contribution < 1.29 is 19.0 Å². The summed E-state index contributed by atoms with van der Waals surface area (Å²) in [6, 6.07) is 13.8. The van der Waals surface area contributed by atoms with Crippen LogP contribution >= 0.6 is 0 Å². The van der Waals surface area contributed by atoms with Crippen molar-refractivity contribution in [1.29, 1.82) is 0 Å². The first-order valence-electron chi connectivity index (χ1n) is 9.96. The number of rotatable bonds is 10. The molecule has 0 radical (unpaired) electrons. The van der Waals surface area contributed by atoms with E-state index < -0.39 is 0 Å². The van der Waals surface area contributed by atoms with Crippen LogP contribution in [-0.4, -0.2) is 33.3 Å². The smallest absolute Gasteiger partial charge is 0.226 e. The molecule has 0 spiro atoms. The second kappa shape index (κ2) is 9.65. The van der Waals surface area contributed by atoms with E-state index in [-0.39, 0.29) is 18.0 Å². The number of hydrogen-bond acceptors (Lipinski definition) is 5. The fraction of sp³-hybridized carbons (Fsp3) is 0.435. The Bertz CT molecular complexity index is 818. The number of methoxy groups -OCH3 is 3. The molecule has 0 aromatic heterocycles. The molecule has 6 nitrogen and oxygen atoms in total. The van der Waals surface area contributed by atoms with Gasteiger partial charge >= 0.3 is 0 Å². The predicted molar refractivity (Wildman–Crippen MR) is 114 cm³/mol. The lowest BCUT2D eigenvalue weighted by Crippen LogP contribution is -2.34. The lowest BCUT2D eigenvalue weighted by atomic mass is 10.0. The molecule has 2 N–H and O–H groups in total. The van der Waals surface area contributed by atoms with Gasteiger partial charge in [-0.1, -0.05) is 12.1 Å². The standard InChI is InChI=1S/C23H30N2O4/c1-15(13-22(26)25-20-14-19(28-3)11-12-21(20)29-4)24-23(16-5-6-16)17-7-9-18(27-2)10-8-17/h7-12,14-16,23-24H,5-6,13H2,1-4H3,(H,25,26). The lowest BCUT2D eigenvalue weighted by Gasteiger charge is -2.24. The Labute approximate surface area is 172 Å². The number of carbonyl (C=O) groups excluding carboxylic acids is 1. The number of amides is 1. The quantitative estimate of drug-likeness (QED) is 0.629. The Morgan fingerprint density at radius 1 is 1.00 bits per heavy atom. The van der Waals surface area contributed by atoms with Crippen LogP contribution in [0.5, 0.6) is 17.2 Å². The first-order valence-corrected chi connectivity index (χ1v) is 9.96. The molecular weight excluding hydrogens is 368 g/mol. The van der Waals surface area contributed by atoms with Gasteiger partial charge in [0.2, 0.25) is 5.91 Å². The van der Waals surface area contributed by atoms with E-state index >= 15 is 0 Å². The molecule has 1 fully saturated rings. The molecule has 1 aliphatic carbocycles. The van der Waals surface area contributed by atoms with Crippen molar-refractivity contribution in [1.82, 2.24) is 5.32 Å². The zero-order valence-corrected chi connectivity index (χ0v) is 17.5. The molecule has 29 heavy (non-hydrogen) atoms. The Hall–Kier alpha value is -2.73. The maximum absolute atomic E-state index is 12.6. The summed E-state index contributed by atoms with van der Waals surface area (Å²) in [7, 11) is 4.84. The number of anilines is 1. The Morgan fingerprint density at radius 2 is 1.66 bits per heavy atom. The van der Waals surface area contributed by atoms with Gasteiger partial charge < -0.3 is 24.8 Å². The van der Waals surface area contributed by atoms with Crippen molar-refractivity contribution in [3.05, 3.63) is 48.0 Å². The number of nitrogens with one attached hydrogen (secondary N) is 2. The van der Waals surface area contributed by atoms with Gasteiger partial charge in [0.05, 0.1) is 27.0 Å². The van der Waals surface area contributed by atoms with Crippen molar-refractivity contribution in [3.63, 3.8) is 0 Å². The summed E-state index contributed by atoms with van der Waals surface area (Å²) in [5, 5.41) is 6.58. The molecule has 2 atom stereocenters. The van der Waals surface area contributed by atoms with Gasteiger partial charge in [0.25, 0.3) is 0 Å². The Morgan fingerprint density at radius 3 is 2.24 bits per heavy atom. The minimum absolute atomic E-state index is 0.0271. The van der Waals surface area contributed by atoms with E-state index in [1.807, 2.05) is 19.1 Å². The summed E-state index contributed by atoms with van der Waals surface area (Å²) in [6.07, 6.45) is 2.78. The van der Waals surface area contributed by atoms with E-state index in [1.54, 1.807) is 39.5 Å². The lowest BCUT2D eigenvalue weighted by molar-refractivity contribution is -0.116. The summed E-state index contributed by atoms with van der Waals surface area (Å²) in [6.45, 7) is 2.04. The average molecular weight is 399 g/mol. The van der Waals surface area contributed by atoms with Crippen molar-refractivity contribution >= 4 is 11.6 Å². The van der Waals surface area contributed by atoms with Gasteiger partial charge in [0.1, 0.15) is 17.2 Å². The minimum Gasteiger partial charge on any atom is -0.497 e. The van der Waals surface area contributed by atoms with E-state index in [4.69, 9.17) is 14.2 Å². The molecule has 0 heterocycles. The van der Waals surface area contributed by atoms with E-state index in [9.17, 15) is 4.79 Å². The van der Waals surface area contributed by atoms with Gasteiger partial charge in [-0.2, -0.15) is 0 Å². The number of ether oxygens (including phenoxy) is 3. The zero-order chi connectivity index (χ0) is 20.8. The fourth-order valence-corrected chi connectivity index (χ4v) is 3.50. The molecular formula is C23H30N2O4. The molecule has 1 aliphatic rings. The molecule has 3 rings (SSSR count). The molecule has 1 saturated carbocycles. The van der Waals surface area contributed by atoms with Crippen LogP contribution in [0.3, 0.4) is 0 Å². The van der Waals surface area contributed by atoms with Crippen LogP contribution in [0.15, 0.2) is 42.5 Å². The number of hydrogen-bond donors (Lipinski definition) is 2. The molecule has 156 valence electrons. The number of benzene rings is 2. The van der Waals surface area contributed by atoms with Gasteiger partial charge in [0, 0.05) is 24.6 Å². The van der Waals surface area contributed by atoms with Gasteiger partial charge in [-0.25, -0.2) is 0 Å². The molecule has 2 aromatic carbocycles. The summed E-state index contributed by atoms with van der Waals surface area (Å²) in [4.78, 5) is 12.6.